The monoisotopic (exact) mass is 566 g/mol. The minimum absolute atomic E-state index is 0.0156. The average molecular weight is 567 g/mol. The van der Waals surface area contributed by atoms with E-state index in [1.54, 1.807) is 55.6 Å². The van der Waals surface area contributed by atoms with Crippen LogP contribution in [0.25, 0.3) is 16.0 Å². The van der Waals surface area contributed by atoms with Gasteiger partial charge < -0.3 is 14.6 Å². The molecule has 2 atom stereocenters. The summed E-state index contributed by atoms with van der Waals surface area (Å²) < 4.78 is 11.9. The van der Waals surface area contributed by atoms with Gasteiger partial charge in [0.25, 0.3) is 5.78 Å². The summed E-state index contributed by atoms with van der Waals surface area (Å²) in [6, 6.07) is 14.5. The number of rotatable bonds is 4. The third kappa shape index (κ3) is 4.00. The van der Waals surface area contributed by atoms with E-state index in [0.29, 0.717) is 39.0 Å². The third-order valence-electron chi connectivity index (χ3n) is 6.66. The molecule has 38 heavy (non-hydrogen) atoms. The van der Waals surface area contributed by atoms with Crippen LogP contribution < -0.4 is 14.4 Å². The number of ketones is 1. The Morgan fingerprint density at radius 3 is 2.68 bits per heavy atom. The van der Waals surface area contributed by atoms with E-state index in [1.807, 2.05) is 13.0 Å². The number of aromatic nitrogens is 1. The lowest BCUT2D eigenvalue weighted by atomic mass is 9.94. The van der Waals surface area contributed by atoms with Gasteiger partial charge in [-0.05, 0) is 66.6 Å². The molecule has 0 radical (unpaired) electrons. The number of carbonyl (C=O) groups excluding carboxylic acids is 2. The Balaban J connectivity index is 1.54. The summed E-state index contributed by atoms with van der Waals surface area (Å²) in [6.45, 7) is 1.96. The third-order valence-corrected chi connectivity index (χ3v) is 8.42. The van der Waals surface area contributed by atoms with Crippen LogP contribution >= 0.6 is 34.5 Å². The first-order valence-corrected chi connectivity index (χ1v) is 13.3. The predicted molar refractivity (Wildman–Crippen MR) is 148 cm³/mol. The summed E-state index contributed by atoms with van der Waals surface area (Å²) in [5.74, 6) is -0.523. The lowest BCUT2D eigenvalue weighted by Crippen LogP contribution is -2.29. The van der Waals surface area contributed by atoms with Crippen molar-refractivity contribution in [2.75, 3.05) is 12.0 Å². The maximum atomic E-state index is 13.5. The van der Waals surface area contributed by atoms with E-state index >= 15 is 0 Å². The van der Waals surface area contributed by atoms with Gasteiger partial charge in [0.2, 0.25) is 0 Å². The van der Waals surface area contributed by atoms with E-state index in [9.17, 15) is 14.7 Å². The fourth-order valence-electron chi connectivity index (χ4n) is 4.88. The van der Waals surface area contributed by atoms with Gasteiger partial charge in [0.05, 0.1) is 39.0 Å². The molecule has 0 aliphatic carbocycles. The van der Waals surface area contributed by atoms with Crippen molar-refractivity contribution in [3.8, 4) is 11.5 Å². The molecule has 1 amide bonds. The molecule has 2 aliphatic rings. The number of ether oxygens (including phenoxy) is 2. The van der Waals surface area contributed by atoms with Gasteiger partial charge in [-0.2, -0.15) is 0 Å². The molecule has 10 heteroatoms. The smallest absolute Gasteiger partial charge is 0.301 e. The molecule has 6 rings (SSSR count). The topological polar surface area (TPSA) is 89.0 Å². The molecule has 0 bridgehead atoms. The highest BCUT2D eigenvalue weighted by Crippen LogP contribution is 2.46. The Bertz CT molecular complexity index is 1680. The van der Waals surface area contributed by atoms with Gasteiger partial charge in [-0.15, -0.1) is 0 Å². The van der Waals surface area contributed by atoms with Crippen molar-refractivity contribution in [1.29, 1.82) is 0 Å². The summed E-state index contributed by atoms with van der Waals surface area (Å²) in [4.78, 5) is 33.0. The second-order valence-corrected chi connectivity index (χ2v) is 11.0. The van der Waals surface area contributed by atoms with E-state index in [-0.39, 0.29) is 22.5 Å². The van der Waals surface area contributed by atoms with Gasteiger partial charge in [0.15, 0.2) is 5.13 Å². The molecule has 2 aliphatic heterocycles. The number of hydrogen-bond acceptors (Lipinski definition) is 7. The number of aliphatic hydroxyl groups is 1. The standard InChI is InChI=1S/C28H20Cl2N2O5S/c1-13-9-16-10-15(4-8-21(16)37-13)25(33)23-24(14-3-6-18(29)19(30)11-14)32(27(35)26(23)34)28-31-20-7-5-17(36-2)12-22(20)38-28/h3-8,10-13,24,33H,9H2,1-2H3/t13-,24-/m1/s1. The first-order valence-electron chi connectivity index (χ1n) is 11.8. The minimum Gasteiger partial charge on any atom is -0.507 e. The summed E-state index contributed by atoms with van der Waals surface area (Å²) in [7, 11) is 1.57. The largest absolute Gasteiger partial charge is 0.507 e. The highest BCUT2D eigenvalue weighted by molar-refractivity contribution is 7.22. The van der Waals surface area contributed by atoms with Gasteiger partial charge in [-0.25, -0.2) is 4.98 Å². The van der Waals surface area contributed by atoms with E-state index in [4.69, 9.17) is 32.7 Å². The molecule has 1 aromatic heterocycles. The first kappa shape index (κ1) is 24.7. The number of hydrogen-bond donors (Lipinski definition) is 1. The van der Waals surface area contributed by atoms with Crippen LogP contribution in [0.1, 0.15) is 29.7 Å². The molecule has 3 aromatic carbocycles. The molecular weight excluding hydrogens is 547 g/mol. The number of aliphatic hydroxyl groups excluding tert-OH is 1. The van der Waals surface area contributed by atoms with Gasteiger partial charge in [-0.3, -0.25) is 14.5 Å². The van der Waals surface area contributed by atoms with E-state index in [0.717, 1.165) is 16.0 Å². The zero-order valence-corrected chi connectivity index (χ0v) is 22.5. The van der Waals surface area contributed by atoms with Crippen molar-refractivity contribution in [2.45, 2.75) is 25.5 Å². The Morgan fingerprint density at radius 2 is 1.92 bits per heavy atom. The number of amides is 1. The Hall–Kier alpha value is -3.59. The molecule has 7 nitrogen and oxygen atoms in total. The van der Waals surface area contributed by atoms with Crippen LogP contribution in [-0.2, 0) is 16.0 Å². The summed E-state index contributed by atoms with van der Waals surface area (Å²) in [6.07, 6.45) is 0.692. The molecule has 0 unspecified atom stereocenters. The quantitative estimate of drug-likeness (QED) is 0.171. The van der Waals surface area contributed by atoms with Crippen LogP contribution in [0.3, 0.4) is 0 Å². The lowest BCUT2D eigenvalue weighted by Gasteiger charge is -2.23. The van der Waals surface area contributed by atoms with Crippen molar-refractivity contribution >= 4 is 67.3 Å². The second-order valence-electron chi connectivity index (χ2n) is 9.13. The highest BCUT2D eigenvalue weighted by Gasteiger charge is 2.48. The molecule has 0 saturated carbocycles. The fourth-order valence-corrected chi connectivity index (χ4v) is 6.20. The van der Waals surface area contributed by atoms with Crippen molar-refractivity contribution in [2.24, 2.45) is 0 Å². The summed E-state index contributed by atoms with van der Waals surface area (Å²) in [5.41, 5.74) is 2.43. The maximum Gasteiger partial charge on any atom is 0.301 e. The van der Waals surface area contributed by atoms with Gasteiger partial charge >= 0.3 is 5.91 Å². The number of fused-ring (bicyclic) bond motifs is 2. The molecule has 1 N–H and O–H groups in total. The number of benzene rings is 3. The number of thiazole rings is 1. The summed E-state index contributed by atoms with van der Waals surface area (Å²) >= 11 is 13.7. The van der Waals surface area contributed by atoms with Crippen LogP contribution in [0.2, 0.25) is 10.0 Å². The van der Waals surface area contributed by atoms with E-state index < -0.39 is 17.7 Å². The Morgan fingerprint density at radius 1 is 1.11 bits per heavy atom. The van der Waals surface area contributed by atoms with E-state index in [1.165, 1.54) is 16.2 Å². The SMILES string of the molecule is COc1ccc2nc(N3C(=O)C(=O)C(=C(O)c4ccc5c(c4)C[C@@H](C)O5)[C@H]3c3ccc(Cl)c(Cl)c3)sc2c1. The summed E-state index contributed by atoms with van der Waals surface area (Å²) in [5, 5.41) is 12.4. The molecule has 4 aromatic rings. The van der Waals surface area contributed by atoms with Crippen molar-refractivity contribution < 1.29 is 24.2 Å². The average Bonchev–Trinajstić information content (AvgIpc) is 3.57. The number of anilines is 1. The second kappa shape index (κ2) is 9.31. The van der Waals surface area contributed by atoms with Crippen molar-refractivity contribution in [3.05, 3.63) is 86.9 Å². The van der Waals surface area contributed by atoms with Crippen molar-refractivity contribution in [3.63, 3.8) is 0 Å². The first-order chi connectivity index (χ1) is 18.2. The lowest BCUT2D eigenvalue weighted by molar-refractivity contribution is -0.132. The number of carbonyl (C=O) groups is 2. The number of halogens is 2. The fraction of sp³-hybridized carbons (Fsp3) is 0.179. The molecule has 0 spiro atoms. The van der Waals surface area contributed by atoms with Crippen LogP contribution in [0, 0.1) is 0 Å². The number of methoxy groups -OCH3 is 1. The van der Waals surface area contributed by atoms with Crippen LogP contribution in [0.5, 0.6) is 11.5 Å². The molecule has 1 saturated heterocycles. The number of nitrogens with zero attached hydrogens (tertiary/aromatic N) is 2. The van der Waals surface area contributed by atoms with E-state index in [2.05, 4.69) is 4.98 Å². The van der Waals surface area contributed by atoms with Crippen LogP contribution in [0.15, 0.2) is 60.2 Å². The maximum absolute atomic E-state index is 13.5. The highest BCUT2D eigenvalue weighted by atomic mass is 35.5. The molecule has 1 fully saturated rings. The Kier molecular flexibility index (Phi) is 6.06. The van der Waals surface area contributed by atoms with Crippen LogP contribution in [0.4, 0.5) is 5.13 Å². The number of Topliss-reactive ketones (excluding diaryl/α,β-unsaturated/α-hetero) is 1. The van der Waals surface area contributed by atoms with Gasteiger partial charge in [0.1, 0.15) is 23.4 Å². The molecule has 3 heterocycles. The van der Waals surface area contributed by atoms with Gasteiger partial charge in [-0.1, -0.05) is 40.6 Å². The van der Waals surface area contributed by atoms with Crippen LogP contribution in [-0.4, -0.2) is 35.0 Å². The van der Waals surface area contributed by atoms with Crippen molar-refractivity contribution in [1.82, 2.24) is 4.98 Å². The zero-order valence-electron chi connectivity index (χ0n) is 20.2. The zero-order chi connectivity index (χ0) is 26.7. The predicted octanol–water partition coefficient (Wildman–Crippen LogP) is 6.56. The molecule has 192 valence electrons. The molecular formula is C28H20Cl2N2O5S. The normalized spacial score (nSPS) is 20.2. The minimum atomic E-state index is -0.976. The van der Waals surface area contributed by atoms with Gasteiger partial charge in [0, 0.05) is 12.0 Å². The Labute approximate surface area is 231 Å².